The maximum Gasteiger partial charge on any atom is 0.0502 e. The van der Waals surface area contributed by atoms with Crippen molar-refractivity contribution in [1.29, 1.82) is 0 Å². The summed E-state index contributed by atoms with van der Waals surface area (Å²) < 4.78 is 0. The van der Waals surface area contributed by atoms with Gasteiger partial charge in [-0.15, -0.1) is 0 Å². The number of hydrogen-bond acceptors (Lipinski definition) is 1. The van der Waals surface area contributed by atoms with Crippen molar-refractivity contribution in [3.63, 3.8) is 0 Å². The molecule has 6 aromatic rings. The molecule has 1 spiro atoms. The van der Waals surface area contributed by atoms with Crippen molar-refractivity contribution in [3.8, 4) is 33.4 Å². The molecule has 6 aromatic carbocycles. The van der Waals surface area contributed by atoms with Gasteiger partial charge < -0.3 is 4.90 Å². The van der Waals surface area contributed by atoms with Crippen molar-refractivity contribution in [1.82, 2.24) is 0 Å². The molecule has 4 fully saturated rings. The fourth-order valence-corrected chi connectivity index (χ4v) is 14.4. The second-order valence-electron chi connectivity index (χ2n) is 21.2. The van der Waals surface area contributed by atoms with Crippen LogP contribution in [0.15, 0.2) is 127 Å². The van der Waals surface area contributed by atoms with Crippen LogP contribution in [0.4, 0.5) is 17.1 Å². The van der Waals surface area contributed by atoms with Crippen molar-refractivity contribution in [3.05, 3.63) is 161 Å². The molecule has 0 aliphatic heterocycles. The van der Waals surface area contributed by atoms with Crippen LogP contribution in [0, 0.1) is 23.7 Å². The first kappa shape index (κ1) is 35.1. The molecule has 4 bridgehead atoms. The molecule has 0 aromatic heterocycles. The van der Waals surface area contributed by atoms with Gasteiger partial charge in [0.05, 0.1) is 5.69 Å². The van der Waals surface area contributed by atoms with Gasteiger partial charge in [-0.05, 0) is 177 Å². The first-order valence-electron chi connectivity index (χ1n) is 22.5. The molecule has 4 saturated carbocycles. The molecule has 0 radical (unpaired) electrons. The van der Waals surface area contributed by atoms with E-state index in [2.05, 4.69) is 174 Å². The van der Waals surface area contributed by atoms with E-state index in [1.807, 2.05) is 0 Å². The summed E-state index contributed by atoms with van der Waals surface area (Å²) in [4.78, 5) is 2.69. The van der Waals surface area contributed by atoms with Crippen LogP contribution in [-0.2, 0) is 21.7 Å². The topological polar surface area (TPSA) is 3.24 Å². The Morgan fingerprint density at radius 1 is 0.431 bits per heavy atom. The van der Waals surface area contributed by atoms with E-state index in [9.17, 15) is 0 Å². The number of fused-ring (bicyclic) bond motifs is 7. The van der Waals surface area contributed by atoms with E-state index in [0.29, 0.717) is 11.8 Å². The lowest BCUT2D eigenvalue weighted by Gasteiger charge is -2.61. The van der Waals surface area contributed by atoms with Crippen LogP contribution in [0.1, 0.15) is 120 Å². The third-order valence-electron chi connectivity index (χ3n) is 16.9. The van der Waals surface area contributed by atoms with Crippen LogP contribution < -0.4 is 4.90 Å². The van der Waals surface area contributed by atoms with Crippen molar-refractivity contribution in [2.24, 2.45) is 23.7 Å². The highest BCUT2D eigenvalue weighted by Crippen LogP contribution is 2.71. The minimum absolute atomic E-state index is 0.0297. The zero-order valence-electron chi connectivity index (χ0n) is 35.3. The Morgan fingerprint density at radius 3 is 1.74 bits per heavy atom. The van der Waals surface area contributed by atoms with Crippen LogP contribution in [0.2, 0.25) is 0 Å². The van der Waals surface area contributed by atoms with Gasteiger partial charge >= 0.3 is 0 Å². The molecule has 13 rings (SSSR count). The summed E-state index contributed by atoms with van der Waals surface area (Å²) >= 11 is 0. The Balaban J connectivity index is 1.17. The van der Waals surface area contributed by atoms with Gasteiger partial charge in [-0.1, -0.05) is 139 Å². The number of nitrogens with zero attached hydrogens (tertiary/aromatic N) is 1. The predicted molar refractivity (Wildman–Crippen MR) is 243 cm³/mol. The molecule has 0 heterocycles. The van der Waals surface area contributed by atoms with Gasteiger partial charge in [0.15, 0.2) is 0 Å². The van der Waals surface area contributed by atoms with Crippen molar-refractivity contribution in [2.75, 3.05) is 4.90 Å². The predicted octanol–water partition coefficient (Wildman–Crippen LogP) is 15.2. The molecule has 0 unspecified atom stereocenters. The highest BCUT2D eigenvalue weighted by Gasteiger charge is 2.62. The molecule has 290 valence electrons. The quantitative estimate of drug-likeness (QED) is 0.173. The summed E-state index contributed by atoms with van der Waals surface area (Å²) in [6.07, 6.45) is 9.38. The van der Waals surface area contributed by atoms with Crippen molar-refractivity contribution < 1.29 is 0 Å². The lowest BCUT2D eigenvalue weighted by Crippen LogP contribution is -2.55. The summed E-state index contributed by atoms with van der Waals surface area (Å²) in [5.41, 5.74) is 21.6. The third kappa shape index (κ3) is 4.60. The van der Waals surface area contributed by atoms with Crippen LogP contribution in [0.25, 0.3) is 33.4 Å². The summed E-state index contributed by atoms with van der Waals surface area (Å²) in [5.74, 6) is 3.23. The van der Waals surface area contributed by atoms with Gasteiger partial charge in [0.1, 0.15) is 0 Å². The minimum atomic E-state index is -0.0943. The maximum atomic E-state index is 2.69. The lowest BCUT2D eigenvalue weighted by atomic mass is 9.42. The molecule has 0 atom stereocenters. The second kappa shape index (κ2) is 11.9. The second-order valence-corrected chi connectivity index (χ2v) is 21.2. The van der Waals surface area contributed by atoms with Crippen LogP contribution in [0.3, 0.4) is 0 Å². The van der Waals surface area contributed by atoms with E-state index in [4.69, 9.17) is 0 Å². The summed E-state index contributed by atoms with van der Waals surface area (Å²) in [5, 5.41) is 0. The summed E-state index contributed by atoms with van der Waals surface area (Å²) in [6, 6.07) is 50.2. The highest BCUT2D eigenvalue weighted by molar-refractivity contribution is 5.95. The van der Waals surface area contributed by atoms with E-state index < -0.39 is 0 Å². The van der Waals surface area contributed by atoms with E-state index in [1.54, 1.807) is 11.1 Å². The van der Waals surface area contributed by atoms with Gasteiger partial charge in [0, 0.05) is 22.2 Å². The highest BCUT2D eigenvalue weighted by atomic mass is 15.1. The number of hydrogen-bond donors (Lipinski definition) is 0. The zero-order valence-corrected chi connectivity index (χ0v) is 35.3. The molecule has 1 nitrogen and oxygen atoms in total. The first-order chi connectivity index (χ1) is 28.0. The normalized spacial score (nSPS) is 26.8. The molecule has 0 N–H and O–H groups in total. The van der Waals surface area contributed by atoms with Gasteiger partial charge in [-0.3, -0.25) is 0 Å². The molecule has 0 amide bonds. The number of rotatable bonds is 4. The van der Waals surface area contributed by atoms with Crippen LogP contribution in [-0.4, -0.2) is 0 Å². The number of benzene rings is 6. The first-order valence-corrected chi connectivity index (χ1v) is 22.5. The molecule has 58 heavy (non-hydrogen) atoms. The average molecular weight is 756 g/mol. The van der Waals surface area contributed by atoms with Crippen LogP contribution in [0.5, 0.6) is 0 Å². The Hall–Kier alpha value is -4.88. The third-order valence-corrected chi connectivity index (χ3v) is 16.9. The van der Waals surface area contributed by atoms with Gasteiger partial charge in [-0.2, -0.15) is 0 Å². The molecule has 7 aliphatic carbocycles. The summed E-state index contributed by atoms with van der Waals surface area (Å²) in [6.45, 7) is 14.8. The Morgan fingerprint density at radius 2 is 1.02 bits per heavy atom. The van der Waals surface area contributed by atoms with Gasteiger partial charge in [0.2, 0.25) is 0 Å². The Labute approximate surface area is 346 Å². The minimum Gasteiger partial charge on any atom is -0.310 e. The van der Waals surface area contributed by atoms with Crippen molar-refractivity contribution in [2.45, 2.75) is 108 Å². The summed E-state index contributed by atoms with van der Waals surface area (Å²) in [7, 11) is 0. The Kier molecular flexibility index (Phi) is 7.18. The number of anilines is 3. The van der Waals surface area contributed by atoms with Gasteiger partial charge in [0.25, 0.3) is 0 Å². The molecular weight excluding hydrogens is 699 g/mol. The zero-order chi connectivity index (χ0) is 39.3. The van der Waals surface area contributed by atoms with Crippen LogP contribution >= 0.6 is 0 Å². The smallest absolute Gasteiger partial charge is 0.0502 e. The van der Waals surface area contributed by atoms with E-state index in [-0.39, 0.29) is 21.7 Å². The SMILES string of the molecule is CC1(C)CCC(C)(C)c2c(N(c3cc(-c4ccccc4)c4c(c3)-c3ccccc3C43C4CC5CC(C4)CC3C5)c3ccc4c(c3)C(C)(C)c3ccccc3-4)cccc21. The molecular formula is C57H57N. The van der Waals surface area contributed by atoms with E-state index >= 15 is 0 Å². The lowest BCUT2D eigenvalue weighted by molar-refractivity contribution is -0.0397. The van der Waals surface area contributed by atoms with E-state index in [0.717, 1.165) is 11.8 Å². The van der Waals surface area contributed by atoms with E-state index in [1.165, 1.54) is 118 Å². The maximum absolute atomic E-state index is 2.69. The fraction of sp³-hybridized carbons (Fsp3) is 0.368. The molecule has 1 heteroatoms. The largest absolute Gasteiger partial charge is 0.310 e. The monoisotopic (exact) mass is 755 g/mol. The molecule has 7 aliphatic rings. The Bertz CT molecular complexity index is 2640. The molecule has 0 saturated heterocycles. The van der Waals surface area contributed by atoms with Crippen molar-refractivity contribution >= 4 is 17.1 Å². The fourth-order valence-electron chi connectivity index (χ4n) is 14.4. The van der Waals surface area contributed by atoms with Gasteiger partial charge in [-0.25, -0.2) is 0 Å². The average Bonchev–Trinajstić information content (AvgIpc) is 3.64. The standard InChI is InChI=1S/C57H57N/c1-54(2)25-26-55(3,4)53-49(54)21-14-22-51(53)58(40-23-24-44-42-17-10-12-19-47(42)56(5,6)50(44)34-40)41-32-45(37-15-8-7-9-16-37)52-46(33-41)43-18-11-13-20-48(43)57(52)38-28-35-27-36(30-38)31-39(57)29-35/h7-24,32-36,38-39H,25-31H2,1-6H3.